The smallest absolute Gasteiger partial charge is 0.271 e. The van der Waals surface area contributed by atoms with E-state index in [1.165, 1.54) is 29.7 Å². The van der Waals surface area contributed by atoms with Gasteiger partial charge in [0.25, 0.3) is 11.5 Å². The summed E-state index contributed by atoms with van der Waals surface area (Å²) in [6, 6.07) is 3.11. The lowest BCUT2D eigenvalue weighted by Crippen LogP contribution is -2.35. The van der Waals surface area contributed by atoms with E-state index in [0.717, 1.165) is 12.8 Å². The fourth-order valence-electron chi connectivity index (χ4n) is 2.25. The molecule has 1 aliphatic carbocycles. The third-order valence-electron chi connectivity index (χ3n) is 3.24. The van der Waals surface area contributed by atoms with Crippen LogP contribution in [-0.4, -0.2) is 21.7 Å². The number of rotatable bonds is 3. The molecule has 0 radical (unpaired) electrons. The van der Waals surface area contributed by atoms with Crippen molar-refractivity contribution in [1.29, 1.82) is 0 Å². The van der Waals surface area contributed by atoms with Crippen LogP contribution in [0.15, 0.2) is 16.9 Å². The first-order valence-corrected chi connectivity index (χ1v) is 6.48. The Bertz CT molecular complexity index is 487. The molecule has 1 aliphatic rings. The molecule has 0 saturated heterocycles. The summed E-state index contributed by atoms with van der Waals surface area (Å²) < 4.78 is 1.34. The minimum atomic E-state index is -0.184. The number of aromatic nitrogens is 2. The highest BCUT2D eigenvalue weighted by molar-refractivity contribution is 5.92. The molecule has 1 aromatic heterocycles. The van der Waals surface area contributed by atoms with Crippen molar-refractivity contribution in [3.8, 4) is 0 Å². The number of hydrogen-bond acceptors (Lipinski definition) is 3. The van der Waals surface area contributed by atoms with Crippen LogP contribution in [0.1, 0.15) is 56.1 Å². The van der Waals surface area contributed by atoms with E-state index in [1.807, 2.05) is 13.8 Å². The summed E-state index contributed by atoms with van der Waals surface area (Å²) in [5.41, 5.74) is 0.137. The summed E-state index contributed by atoms with van der Waals surface area (Å²) in [5.74, 6) is -0.184. The van der Waals surface area contributed by atoms with Crippen molar-refractivity contribution < 1.29 is 4.79 Å². The van der Waals surface area contributed by atoms with E-state index in [4.69, 9.17) is 0 Å². The van der Waals surface area contributed by atoms with Gasteiger partial charge in [-0.25, -0.2) is 4.68 Å². The maximum absolute atomic E-state index is 12.0. The molecule has 98 valence electrons. The highest BCUT2D eigenvalue weighted by atomic mass is 16.2. The Hall–Kier alpha value is -1.65. The number of nitrogens with zero attached hydrogens (tertiary/aromatic N) is 2. The van der Waals surface area contributed by atoms with Crippen LogP contribution in [0.2, 0.25) is 0 Å². The third-order valence-corrected chi connectivity index (χ3v) is 3.24. The highest BCUT2D eigenvalue weighted by Gasteiger charge is 2.19. The van der Waals surface area contributed by atoms with E-state index in [0.29, 0.717) is 5.69 Å². The van der Waals surface area contributed by atoms with Crippen molar-refractivity contribution in [3.05, 3.63) is 28.2 Å². The first-order chi connectivity index (χ1) is 8.58. The summed E-state index contributed by atoms with van der Waals surface area (Å²) >= 11 is 0. The summed E-state index contributed by atoms with van der Waals surface area (Å²) in [6.07, 6.45) is 4.42. The molecule has 0 bridgehead atoms. The zero-order valence-electron chi connectivity index (χ0n) is 10.8. The van der Waals surface area contributed by atoms with Gasteiger partial charge in [-0.15, -0.1) is 0 Å². The van der Waals surface area contributed by atoms with Crippen LogP contribution in [0.3, 0.4) is 0 Å². The van der Waals surface area contributed by atoms with Crippen LogP contribution in [0.5, 0.6) is 0 Å². The van der Waals surface area contributed by atoms with Gasteiger partial charge < -0.3 is 5.32 Å². The maximum Gasteiger partial charge on any atom is 0.271 e. The average molecular weight is 249 g/mol. The number of carbonyl (C=O) groups excluding carboxylic acids is 1. The van der Waals surface area contributed by atoms with Crippen LogP contribution >= 0.6 is 0 Å². The van der Waals surface area contributed by atoms with Gasteiger partial charge in [0.05, 0.1) is 6.04 Å². The molecule has 1 N–H and O–H groups in total. The zero-order chi connectivity index (χ0) is 13.1. The van der Waals surface area contributed by atoms with Gasteiger partial charge >= 0.3 is 0 Å². The van der Waals surface area contributed by atoms with Gasteiger partial charge in [-0.05, 0) is 32.8 Å². The predicted molar refractivity (Wildman–Crippen MR) is 68.6 cm³/mol. The Labute approximate surface area is 106 Å². The van der Waals surface area contributed by atoms with Gasteiger partial charge in [-0.3, -0.25) is 9.59 Å². The Morgan fingerprint density at radius 2 is 2.06 bits per heavy atom. The Kier molecular flexibility index (Phi) is 3.79. The first-order valence-electron chi connectivity index (χ1n) is 6.48. The molecule has 0 unspecified atom stereocenters. The number of hydrogen-bond donors (Lipinski definition) is 1. The quantitative estimate of drug-likeness (QED) is 0.882. The standard InChI is InChI=1S/C13H19N3O2/c1-9(2)16-12(17)8-7-11(15-16)13(18)14-10-5-3-4-6-10/h7-10H,3-6H2,1-2H3,(H,14,18). The summed E-state index contributed by atoms with van der Waals surface area (Å²) in [4.78, 5) is 23.5. The van der Waals surface area contributed by atoms with Crippen LogP contribution in [0.25, 0.3) is 0 Å². The minimum Gasteiger partial charge on any atom is -0.348 e. The molecule has 5 heteroatoms. The van der Waals surface area contributed by atoms with E-state index in [2.05, 4.69) is 10.4 Å². The SMILES string of the molecule is CC(C)n1nc(C(=O)NC2CCCC2)ccc1=O. The lowest BCUT2D eigenvalue weighted by molar-refractivity contribution is 0.0930. The minimum absolute atomic E-state index is 0.0447. The second-order valence-corrected chi connectivity index (χ2v) is 5.05. The fraction of sp³-hybridized carbons (Fsp3) is 0.615. The summed E-state index contributed by atoms with van der Waals surface area (Å²) in [5, 5.41) is 7.07. The van der Waals surface area contributed by atoms with Gasteiger partial charge in [0, 0.05) is 12.1 Å². The van der Waals surface area contributed by atoms with E-state index in [1.54, 1.807) is 0 Å². The van der Waals surface area contributed by atoms with E-state index >= 15 is 0 Å². The van der Waals surface area contributed by atoms with Crippen molar-refractivity contribution in [1.82, 2.24) is 15.1 Å². The van der Waals surface area contributed by atoms with Crippen LogP contribution in [0, 0.1) is 0 Å². The first kappa shape index (κ1) is 12.8. The van der Waals surface area contributed by atoms with Gasteiger partial charge in [0.1, 0.15) is 5.69 Å². The van der Waals surface area contributed by atoms with Crippen molar-refractivity contribution in [2.45, 2.75) is 51.6 Å². The molecule has 1 aromatic rings. The van der Waals surface area contributed by atoms with Gasteiger partial charge in [0.2, 0.25) is 0 Å². The summed E-state index contributed by atoms with van der Waals surface area (Å²) in [6.45, 7) is 3.74. The molecular formula is C13H19N3O2. The second kappa shape index (κ2) is 5.33. The normalized spacial score (nSPS) is 16.2. The van der Waals surface area contributed by atoms with Crippen LogP contribution < -0.4 is 10.9 Å². The third kappa shape index (κ3) is 2.78. The average Bonchev–Trinajstić information content (AvgIpc) is 2.81. The van der Waals surface area contributed by atoms with Crippen molar-refractivity contribution in [2.75, 3.05) is 0 Å². The number of nitrogens with one attached hydrogen (secondary N) is 1. The number of carbonyl (C=O) groups is 1. The molecule has 5 nitrogen and oxygen atoms in total. The Balaban J connectivity index is 2.14. The molecule has 1 fully saturated rings. The Morgan fingerprint density at radius 3 is 2.67 bits per heavy atom. The fourth-order valence-corrected chi connectivity index (χ4v) is 2.25. The number of amides is 1. The lowest BCUT2D eigenvalue weighted by atomic mass is 10.2. The van der Waals surface area contributed by atoms with Crippen LogP contribution in [0.4, 0.5) is 0 Å². The zero-order valence-corrected chi connectivity index (χ0v) is 10.8. The highest BCUT2D eigenvalue weighted by Crippen LogP contribution is 2.17. The monoisotopic (exact) mass is 249 g/mol. The molecule has 1 amide bonds. The molecule has 0 spiro atoms. The molecule has 2 rings (SSSR count). The molecule has 0 aromatic carbocycles. The molecule has 0 aliphatic heterocycles. The van der Waals surface area contributed by atoms with Crippen molar-refractivity contribution in [2.24, 2.45) is 0 Å². The molecule has 1 heterocycles. The molecule has 0 atom stereocenters. The van der Waals surface area contributed by atoms with Gasteiger partial charge in [0.15, 0.2) is 0 Å². The van der Waals surface area contributed by atoms with Crippen LogP contribution in [-0.2, 0) is 0 Å². The molecule has 18 heavy (non-hydrogen) atoms. The predicted octanol–water partition coefficient (Wildman–Crippen LogP) is 1.50. The maximum atomic E-state index is 12.0. The molecular weight excluding hydrogens is 230 g/mol. The largest absolute Gasteiger partial charge is 0.348 e. The van der Waals surface area contributed by atoms with Gasteiger partial charge in [-0.1, -0.05) is 12.8 Å². The summed E-state index contributed by atoms with van der Waals surface area (Å²) in [7, 11) is 0. The topological polar surface area (TPSA) is 64.0 Å². The molecule has 1 saturated carbocycles. The Morgan fingerprint density at radius 1 is 1.39 bits per heavy atom. The second-order valence-electron chi connectivity index (χ2n) is 5.05. The van der Waals surface area contributed by atoms with E-state index in [-0.39, 0.29) is 23.6 Å². The van der Waals surface area contributed by atoms with Crippen molar-refractivity contribution >= 4 is 5.91 Å². The lowest BCUT2D eigenvalue weighted by Gasteiger charge is -2.13. The van der Waals surface area contributed by atoms with Crippen molar-refractivity contribution in [3.63, 3.8) is 0 Å². The van der Waals surface area contributed by atoms with E-state index in [9.17, 15) is 9.59 Å². The van der Waals surface area contributed by atoms with Gasteiger partial charge in [-0.2, -0.15) is 5.10 Å². The van der Waals surface area contributed by atoms with E-state index < -0.39 is 0 Å².